The van der Waals surface area contributed by atoms with Crippen molar-refractivity contribution in [2.75, 3.05) is 20.2 Å². The maximum Gasteiger partial charge on any atom is 0.309 e. The van der Waals surface area contributed by atoms with Crippen LogP contribution in [-0.4, -0.2) is 32.0 Å². The molecule has 0 saturated heterocycles. The molecule has 0 unspecified atom stereocenters. The molecule has 116 valence electrons. The van der Waals surface area contributed by atoms with E-state index >= 15 is 0 Å². The summed E-state index contributed by atoms with van der Waals surface area (Å²) in [6.45, 7) is 6.67. The molecule has 0 aliphatic carbocycles. The monoisotopic (exact) mass is 292 g/mol. The number of carbonyl (C=O) groups excluding carboxylic acids is 2. The van der Waals surface area contributed by atoms with Crippen molar-refractivity contribution >= 4 is 11.8 Å². The summed E-state index contributed by atoms with van der Waals surface area (Å²) in [7, 11) is 1.59. The summed E-state index contributed by atoms with van der Waals surface area (Å²) < 4.78 is 5.40. The van der Waals surface area contributed by atoms with Crippen LogP contribution >= 0.6 is 0 Å². The van der Waals surface area contributed by atoms with Crippen molar-refractivity contribution in [1.29, 1.82) is 0 Å². The fourth-order valence-corrected chi connectivity index (χ4v) is 1.91. The Balaban J connectivity index is 2.54. The van der Waals surface area contributed by atoms with Crippen molar-refractivity contribution in [2.24, 2.45) is 5.92 Å². The van der Waals surface area contributed by atoms with Gasteiger partial charge < -0.3 is 15.4 Å². The minimum absolute atomic E-state index is 0.259. The topological polar surface area (TPSA) is 67.4 Å². The average molecular weight is 292 g/mol. The second-order valence-electron chi connectivity index (χ2n) is 5.39. The van der Waals surface area contributed by atoms with E-state index in [1.165, 1.54) is 0 Å². The summed E-state index contributed by atoms with van der Waals surface area (Å²) in [6.07, 6.45) is -0.270. The van der Waals surface area contributed by atoms with Crippen LogP contribution in [0, 0.1) is 12.8 Å². The van der Waals surface area contributed by atoms with E-state index in [0.29, 0.717) is 12.5 Å². The van der Waals surface area contributed by atoms with E-state index in [4.69, 9.17) is 4.74 Å². The zero-order chi connectivity index (χ0) is 15.8. The lowest BCUT2D eigenvalue weighted by Crippen LogP contribution is -2.42. The molecule has 1 aromatic carbocycles. The van der Waals surface area contributed by atoms with Gasteiger partial charge in [0.25, 0.3) is 0 Å². The Bertz CT molecular complexity index is 486. The minimum atomic E-state index is -0.633. The average Bonchev–Trinajstić information content (AvgIpc) is 2.46. The molecule has 2 amide bonds. The van der Waals surface area contributed by atoms with Crippen molar-refractivity contribution in [1.82, 2.24) is 10.6 Å². The lowest BCUT2D eigenvalue weighted by molar-refractivity contribution is -0.139. The third-order valence-corrected chi connectivity index (χ3v) is 3.14. The molecule has 1 atom stereocenters. The normalized spacial score (nSPS) is 12.0. The van der Waals surface area contributed by atoms with E-state index in [1.54, 1.807) is 7.11 Å². The number of hydrogen-bond donors (Lipinski definition) is 2. The van der Waals surface area contributed by atoms with Crippen LogP contribution in [0.3, 0.4) is 0 Å². The Morgan fingerprint density at radius 1 is 1.10 bits per heavy atom. The van der Waals surface area contributed by atoms with Crippen LogP contribution in [0.4, 0.5) is 0 Å². The van der Waals surface area contributed by atoms with Crippen molar-refractivity contribution < 1.29 is 14.3 Å². The van der Waals surface area contributed by atoms with Gasteiger partial charge in [-0.2, -0.15) is 0 Å². The second kappa shape index (κ2) is 8.42. The molecule has 5 nitrogen and oxygen atoms in total. The van der Waals surface area contributed by atoms with Gasteiger partial charge in [-0.25, -0.2) is 0 Å². The number of ether oxygens (including phenoxy) is 1. The first-order chi connectivity index (χ1) is 9.95. The molecule has 0 aliphatic rings. The number of hydrogen-bond acceptors (Lipinski definition) is 3. The summed E-state index contributed by atoms with van der Waals surface area (Å²) in [5, 5.41) is 5.19. The summed E-state index contributed by atoms with van der Waals surface area (Å²) in [5.41, 5.74) is 2.09. The first-order valence-electron chi connectivity index (χ1n) is 7.10. The first-order valence-corrected chi connectivity index (χ1v) is 7.10. The standard InChI is InChI=1S/C16H24N2O3/c1-11(2)9-17-15(19)16(20)18-10-14(21-4)13-8-6-5-7-12(13)3/h5-8,11,14H,9-10H2,1-4H3,(H,17,19)(H,18,20)/t14-/m1/s1. The number of rotatable bonds is 6. The molecule has 0 radical (unpaired) electrons. The van der Waals surface area contributed by atoms with Crippen LogP contribution in [0.1, 0.15) is 31.1 Å². The van der Waals surface area contributed by atoms with Crippen molar-refractivity contribution in [2.45, 2.75) is 26.9 Å². The van der Waals surface area contributed by atoms with Crippen molar-refractivity contribution in [3.63, 3.8) is 0 Å². The lowest BCUT2D eigenvalue weighted by Gasteiger charge is -2.18. The Morgan fingerprint density at radius 3 is 2.19 bits per heavy atom. The molecule has 0 aromatic heterocycles. The van der Waals surface area contributed by atoms with E-state index in [2.05, 4.69) is 10.6 Å². The van der Waals surface area contributed by atoms with Gasteiger partial charge in [0.05, 0.1) is 6.10 Å². The number of carbonyl (C=O) groups is 2. The Hall–Kier alpha value is -1.88. The van der Waals surface area contributed by atoms with Crippen LogP contribution < -0.4 is 10.6 Å². The maximum absolute atomic E-state index is 11.7. The van der Waals surface area contributed by atoms with E-state index < -0.39 is 11.8 Å². The van der Waals surface area contributed by atoms with E-state index in [1.807, 2.05) is 45.0 Å². The van der Waals surface area contributed by atoms with Crippen LogP contribution in [0.2, 0.25) is 0 Å². The quantitative estimate of drug-likeness (QED) is 0.782. The molecule has 0 spiro atoms. The number of methoxy groups -OCH3 is 1. The number of nitrogens with one attached hydrogen (secondary N) is 2. The summed E-state index contributed by atoms with van der Waals surface area (Å²) in [5.74, 6) is -0.935. The van der Waals surface area contributed by atoms with Gasteiger partial charge in [0.15, 0.2) is 0 Å². The number of amides is 2. The Morgan fingerprint density at radius 2 is 1.67 bits per heavy atom. The third-order valence-electron chi connectivity index (χ3n) is 3.14. The highest BCUT2D eigenvalue weighted by Crippen LogP contribution is 2.19. The molecule has 0 bridgehead atoms. The predicted molar refractivity (Wildman–Crippen MR) is 81.8 cm³/mol. The van der Waals surface area contributed by atoms with Gasteiger partial charge in [-0.15, -0.1) is 0 Å². The second-order valence-corrected chi connectivity index (χ2v) is 5.39. The van der Waals surface area contributed by atoms with Gasteiger partial charge in [0.2, 0.25) is 0 Å². The molecule has 0 aliphatic heterocycles. The predicted octanol–water partition coefficient (Wildman–Crippen LogP) is 1.57. The molecule has 1 aromatic rings. The summed E-state index contributed by atoms with van der Waals surface area (Å²) in [6, 6.07) is 7.81. The molecule has 0 fully saturated rings. The Labute approximate surface area is 126 Å². The molecule has 5 heteroatoms. The van der Waals surface area contributed by atoms with Crippen LogP contribution in [0.15, 0.2) is 24.3 Å². The van der Waals surface area contributed by atoms with Crippen LogP contribution in [-0.2, 0) is 14.3 Å². The van der Waals surface area contributed by atoms with E-state index in [0.717, 1.165) is 11.1 Å². The van der Waals surface area contributed by atoms with Gasteiger partial charge in [-0.05, 0) is 24.0 Å². The maximum atomic E-state index is 11.7. The fourth-order valence-electron chi connectivity index (χ4n) is 1.91. The zero-order valence-corrected chi connectivity index (χ0v) is 13.1. The molecule has 2 N–H and O–H groups in total. The van der Waals surface area contributed by atoms with Crippen LogP contribution in [0.25, 0.3) is 0 Å². The number of benzene rings is 1. The molecule has 1 rings (SSSR count). The molecular weight excluding hydrogens is 268 g/mol. The van der Waals surface area contributed by atoms with Crippen LogP contribution in [0.5, 0.6) is 0 Å². The highest BCUT2D eigenvalue weighted by Gasteiger charge is 2.17. The van der Waals surface area contributed by atoms with Gasteiger partial charge in [-0.1, -0.05) is 38.1 Å². The van der Waals surface area contributed by atoms with Crippen molar-refractivity contribution in [3.8, 4) is 0 Å². The summed E-state index contributed by atoms with van der Waals surface area (Å²) >= 11 is 0. The van der Waals surface area contributed by atoms with Gasteiger partial charge >= 0.3 is 11.8 Å². The smallest absolute Gasteiger partial charge is 0.309 e. The van der Waals surface area contributed by atoms with Gasteiger partial charge in [0.1, 0.15) is 0 Å². The summed E-state index contributed by atoms with van der Waals surface area (Å²) in [4.78, 5) is 23.3. The largest absolute Gasteiger partial charge is 0.375 e. The first kappa shape index (κ1) is 17.2. The minimum Gasteiger partial charge on any atom is -0.375 e. The fraction of sp³-hybridized carbons (Fsp3) is 0.500. The Kier molecular flexibility index (Phi) is 6.88. The molecule has 0 heterocycles. The lowest BCUT2D eigenvalue weighted by atomic mass is 10.0. The van der Waals surface area contributed by atoms with Gasteiger partial charge in [-0.3, -0.25) is 9.59 Å². The molecule has 21 heavy (non-hydrogen) atoms. The molecule has 0 saturated carbocycles. The molecular formula is C16H24N2O3. The highest BCUT2D eigenvalue weighted by molar-refractivity contribution is 6.35. The van der Waals surface area contributed by atoms with Gasteiger partial charge in [0, 0.05) is 20.2 Å². The van der Waals surface area contributed by atoms with Crippen molar-refractivity contribution in [3.05, 3.63) is 35.4 Å². The third kappa shape index (κ3) is 5.55. The zero-order valence-electron chi connectivity index (χ0n) is 13.1. The SMILES string of the molecule is CO[C@H](CNC(=O)C(=O)NCC(C)C)c1ccccc1C. The highest BCUT2D eigenvalue weighted by atomic mass is 16.5. The van der Waals surface area contributed by atoms with E-state index in [-0.39, 0.29) is 12.6 Å². The number of aryl methyl sites for hydroxylation is 1. The van der Waals surface area contributed by atoms with E-state index in [9.17, 15) is 9.59 Å².